The molecule has 3 rings (SSSR count). The zero-order valence-corrected chi connectivity index (χ0v) is 11.1. The predicted molar refractivity (Wildman–Crippen MR) is 83.5 cm³/mol. The Labute approximate surface area is 118 Å². The average molecular weight is 264 g/mol. The summed E-state index contributed by atoms with van der Waals surface area (Å²) in [5.41, 5.74) is 9.70. The lowest BCUT2D eigenvalue weighted by molar-refractivity contribution is 0.370. The van der Waals surface area contributed by atoms with Crippen LogP contribution in [0.5, 0.6) is 5.75 Å². The normalized spacial score (nSPS) is 13.3. The first-order chi connectivity index (χ1) is 9.83. The van der Waals surface area contributed by atoms with Crippen molar-refractivity contribution in [2.45, 2.75) is 6.42 Å². The molecule has 0 spiro atoms. The Morgan fingerprint density at radius 3 is 2.70 bits per heavy atom. The van der Waals surface area contributed by atoms with Crippen LogP contribution in [0.25, 0.3) is 5.57 Å². The number of nitrogen functional groups attached to an aromatic ring is 1. The van der Waals surface area contributed by atoms with Crippen molar-refractivity contribution in [1.29, 1.82) is 0 Å². The second kappa shape index (κ2) is 5.61. The van der Waals surface area contributed by atoms with Gasteiger partial charge in [0.15, 0.2) is 0 Å². The van der Waals surface area contributed by atoms with E-state index in [4.69, 9.17) is 10.5 Å². The molecule has 0 aromatic heterocycles. The van der Waals surface area contributed by atoms with Crippen LogP contribution in [0.4, 0.5) is 11.4 Å². The van der Waals surface area contributed by atoms with Gasteiger partial charge in [0.2, 0.25) is 0 Å². The molecule has 2 aromatic rings. The van der Waals surface area contributed by atoms with Crippen molar-refractivity contribution < 1.29 is 4.74 Å². The summed E-state index contributed by atoms with van der Waals surface area (Å²) in [6.07, 6.45) is 4.91. The number of nitrogens with zero attached hydrogens (tertiary/aromatic N) is 1. The fourth-order valence-electron chi connectivity index (χ4n) is 2.18. The number of anilines is 1. The minimum absolute atomic E-state index is 0.532. The van der Waals surface area contributed by atoms with Gasteiger partial charge in [0.25, 0.3) is 0 Å². The molecule has 0 aliphatic carbocycles. The summed E-state index contributed by atoms with van der Waals surface area (Å²) >= 11 is 0. The molecular weight excluding hydrogens is 248 g/mol. The standard InChI is InChI=1S/C17H16N2O/c18-14-7-9-15(10-8-14)20-12-13-4-3-11-19-17-6-2-1-5-16(13)17/h1-2,4-11H,3,12,18H2. The van der Waals surface area contributed by atoms with E-state index in [1.807, 2.05) is 48.7 Å². The van der Waals surface area contributed by atoms with Crippen LogP contribution in [0.2, 0.25) is 0 Å². The summed E-state index contributed by atoms with van der Waals surface area (Å²) in [6, 6.07) is 15.6. The number of aliphatic imine (C=N–C) groups is 1. The molecule has 0 saturated heterocycles. The molecule has 0 bridgehead atoms. The Bertz CT molecular complexity index is 657. The molecule has 1 heterocycles. The van der Waals surface area contributed by atoms with E-state index < -0.39 is 0 Å². The molecule has 2 N–H and O–H groups in total. The number of hydrogen-bond donors (Lipinski definition) is 1. The first-order valence-corrected chi connectivity index (χ1v) is 6.62. The van der Waals surface area contributed by atoms with E-state index in [0.717, 1.165) is 34.7 Å². The monoisotopic (exact) mass is 264 g/mol. The maximum atomic E-state index is 5.83. The lowest BCUT2D eigenvalue weighted by Crippen LogP contribution is -2.01. The van der Waals surface area contributed by atoms with Gasteiger partial charge in [0.05, 0.1) is 5.69 Å². The van der Waals surface area contributed by atoms with E-state index in [1.165, 1.54) is 0 Å². The SMILES string of the molecule is Nc1ccc(OCC2=CCC=Nc3ccccc32)cc1. The minimum Gasteiger partial charge on any atom is -0.489 e. The summed E-state index contributed by atoms with van der Waals surface area (Å²) in [6.45, 7) is 0.532. The number of hydrogen-bond acceptors (Lipinski definition) is 3. The quantitative estimate of drug-likeness (QED) is 0.856. The van der Waals surface area contributed by atoms with E-state index in [9.17, 15) is 0 Å². The van der Waals surface area contributed by atoms with Crippen LogP contribution in [0, 0.1) is 0 Å². The molecule has 1 aliphatic heterocycles. The Hall–Kier alpha value is -2.55. The molecule has 0 atom stereocenters. The molecule has 20 heavy (non-hydrogen) atoms. The van der Waals surface area contributed by atoms with E-state index in [1.54, 1.807) is 0 Å². The molecule has 0 fully saturated rings. The third-order valence-corrected chi connectivity index (χ3v) is 3.22. The van der Waals surface area contributed by atoms with Gasteiger partial charge in [-0.15, -0.1) is 0 Å². The van der Waals surface area contributed by atoms with Crippen molar-refractivity contribution in [3.63, 3.8) is 0 Å². The van der Waals surface area contributed by atoms with Crippen LogP contribution in [0.15, 0.2) is 59.6 Å². The van der Waals surface area contributed by atoms with E-state index in [2.05, 4.69) is 17.1 Å². The first-order valence-electron chi connectivity index (χ1n) is 6.62. The summed E-state index contributed by atoms with van der Waals surface area (Å²) in [4.78, 5) is 4.45. The topological polar surface area (TPSA) is 47.6 Å². The maximum absolute atomic E-state index is 5.83. The number of para-hydroxylation sites is 1. The number of ether oxygens (including phenoxy) is 1. The maximum Gasteiger partial charge on any atom is 0.119 e. The molecule has 3 heteroatoms. The summed E-state index contributed by atoms with van der Waals surface area (Å²) < 4.78 is 5.83. The molecule has 3 nitrogen and oxygen atoms in total. The third-order valence-electron chi connectivity index (χ3n) is 3.22. The Kier molecular flexibility index (Phi) is 3.50. The van der Waals surface area contributed by atoms with Gasteiger partial charge >= 0.3 is 0 Å². The third kappa shape index (κ3) is 2.72. The number of allylic oxidation sites excluding steroid dienone is 1. The average Bonchev–Trinajstić information content (AvgIpc) is 2.69. The van der Waals surface area contributed by atoms with Gasteiger partial charge in [0.1, 0.15) is 12.4 Å². The zero-order chi connectivity index (χ0) is 13.8. The number of benzene rings is 2. The Morgan fingerprint density at radius 1 is 1.05 bits per heavy atom. The van der Waals surface area contributed by atoms with Crippen molar-refractivity contribution >= 4 is 23.2 Å². The van der Waals surface area contributed by atoms with Crippen molar-refractivity contribution in [3.05, 3.63) is 60.2 Å². The highest BCUT2D eigenvalue weighted by molar-refractivity contribution is 5.82. The summed E-state index contributed by atoms with van der Waals surface area (Å²) in [5.74, 6) is 0.822. The van der Waals surface area contributed by atoms with Gasteiger partial charge < -0.3 is 10.5 Å². The molecule has 0 radical (unpaired) electrons. The lowest BCUT2D eigenvalue weighted by atomic mass is 10.0. The van der Waals surface area contributed by atoms with Gasteiger partial charge in [-0.25, -0.2) is 0 Å². The smallest absolute Gasteiger partial charge is 0.119 e. The lowest BCUT2D eigenvalue weighted by Gasteiger charge is -2.11. The number of nitrogens with two attached hydrogens (primary N) is 1. The van der Waals surface area contributed by atoms with Gasteiger partial charge in [-0.1, -0.05) is 24.3 Å². The summed E-state index contributed by atoms with van der Waals surface area (Å²) in [7, 11) is 0. The Balaban J connectivity index is 1.78. The largest absolute Gasteiger partial charge is 0.489 e. The van der Waals surface area contributed by atoms with Crippen LogP contribution in [-0.4, -0.2) is 12.8 Å². The van der Waals surface area contributed by atoms with Gasteiger partial charge in [0, 0.05) is 23.9 Å². The van der Waals surface area contributed by atoms with Gasteiger partial charge in [-0.2, -0.15) is 0 Å². The van der Waals surface area contributed by atoms with Crippen LogP contribution >= 0.6 is 0 Å². The highest BCUT2D eigenvalue weighted by Gasteiger charge is 2.09. The molecule has 100 valence electrons. The number of rotatable bonds is 3. The van der Waals surface area contributed by atoms with Crippen molar-refractivity contribution in [3.8, 4) is 5.75 Å². The fraction of sp³-hybridized carbons (Fsp3) is 0.118. The second-order valence-corrected chi connectivity index (χ2v) is 4.65. The van der Waals surface area contributed by atoms with E-state index in [0.29, 0.717) is 6.61 Å². The zero-order valence-electron chi connectivity index (χ0n) is 11.1. The van der Waals surface area contributed by atoms with Crippen molar-refractivity contribution in [2.24, 2.45) is 4.99 Å². The molecule has 1 aliphatic rings. The van der Waals surface area contributed by atoms with Crippen LogP contribution < -0.4 is 10.5 Å². The highest BCUT2D eigenvalue weighted by Crippen LogP contribution is 2.29. The molecule has 2 aromatic carbocycles. The first kappa shape index (κ1) is 12.5. The summed E-state index contributed by atoms with van der Waals surface area (Å²) in [5, 5.41) is 0. The minimum atomic E-state index is 0.532. The molecule has 0 saturated carbocycles. The van der Waals surface area contributed by atoms with Crippen LogP contribution in [0.3, 0.4) is 0 Å². The predicted octanol–water partition coefficient (Wildman–Crippen LogP) is 3.84. The van der Waals surface area contributed by atoms with Gasteiger partial charge in [-0.3, -0.25) is 4.99 Å². The van der Waals surface area contributed by atoms with E-state index in [-0.39, 0.29) is 0 Å². The van der Waals surface area contributed by atoms with E-state index >= 15 is 0 Å². The Morgan fingerprint density at radius 2 is 1.85 bits per heavy atom. The fourth-order valence-corrected chi connectivity index (χ4v) is 2.18. The molecule has 0 amide bonds. The van der Waals surface area contributed by atoms with Crippen LogP contribution in [-0.2, 0) is 0 Å². The highest BCUT2D eigenvalue weighted by atomic mass is 16.5. The molecular formula is C17H16N2O. The van der Waals surface area contributed by atoms with Gasteiger partial charge in [-0.05, 0) is 35.9 Å². The second-order valence-electron chi connectivity index (χ2n) is 4.65. The van der Waals surface area contributed by atoms with Crippen LogP contribution in [0.1, 0.15) is 12.0 Å². The molecule has 0 unspecified atom stereocenters. The van der Waals surface area contributed by atoms with Crippen molar-refractivity contribution in [2.75, 3.05) is 12.3 Å². The number of fused-ring (bicyclic) bond motifs is 1. The van der Waals surface area contributed by atoms with Crippen molar-refractivity contribution in [1.82, 2.24) is 0 Å².